The number of fused-ring (bicyclic) bond motifs is 1. The molecule has 0 radical (unpaired) electrons. The molecule has 1 N–H and O–H groups in total. The van der Waals surface area contributed by atoms with Gasteiger partial charge in [-0.15, -0.1) is 5.10 Å². The normalized spacial score (nSPS) is 16.0. The second-order valence-corrected chi connectivity index (χ2v) is 5.96. The van der Waals surface area contributed by atoms with Gasteiger partial charge < -0.3 is 14.8 Å². The molecule has 0 spiro atoms. The maximum atomic E-state index is 12.5. The SMILES string of the molecule is COc1ccc([C@@H]2Cn3nnc(C(=O)Nc4ccccc4)c3CO2)cc1. The van der Waals surface area contributed by atoms with E-state index in [1.165, 1.54) is 0 Å². The maximum absolute atomic E-state index is 12.5. The molecule has 0 saturated carbocycles. The number of hydrogen-bond donors (Lipinski definition) is 1. The fraction of sp³-hybridized carbons (Fsp3) is 0.211. The van der Waals surface area contributed by atoms with Crippen molar-refractivity contribution >= 4 is 11.6 Å². The molecule has 0 bridgehead atoms. The number of methoxy groups -OCH3 is 1. The van der Waals surface area contributed by atoms with Gasteiger partial charge in [-0.1, -0.05) is 35.5 Å². The van der Waals surface area contributed by atoms with Gasteiger partial charge >= 0.3 is 0 Å². The Balaban J connectivity index is 1.50. The summed E-state index contributed by atoms with van der Waals surface area (Å²) in [5.74, 6) is 0.509. The zero-order valence-electron chi connectivity index (χ0n) is 14.3. The number of anilines is 1. The lowest BCUT2D eigenvalue weighted by Gasteiger charge is -2.24. The number of rotatable bonds is 4. The second-order valence-electron chi connectivity index (χ2n) is 5.96. The Morgan fingerprint density at radius 3 is 2.69 bits per heavy atom. The van der Waals surface area contributed by atoms with E-state index in [4.69, 9.17) is 9.47 Å². The number of carbonyl (C=O) groups is 1. The van der Waals surface area contributed by atoms with Crippen LogP contribution in [0.5, 0.6) is 5.75 Å². The van der Waals surface area contributed by atoms with E-state index in [1.807, 2.05) is 54.6 Å². The number of nitrogens with one attached hydrogen (secondary N) is 1. The maximum Gasteiger partial charge on any atom is 0.278 e. The third-order valence-electron chi connectivity index (χ3n) is 4.33. The van der Waals surface area contributed by atoms with Gasteiger partial charge in [0.2, 0.25) is 0 Å². The lowest BCUT2D eigenvalue weighted by Crippen LogP contribution is -2.24. The van der Waals surface area contributed by atoms with Crippen molar-refractivity contribution in [1.82, 2.24) is 15.0 Å². The summed E-state index contributed by atoms with van der Waals surface area (Å²) in [6.45, 7) is 0.786. The van der Waals surface area contributed by atoms with Crippen LogP contribution in [0.3, 0.4) is 0 Å². The van der Waals surface area contributed by atoms with Crippen LogP contribution in [-0.2, 0) is 17.9 Å². The van der Waals surface area contributed by atoms with E-state index in [1.54, 1.807) is 11.8 Å². The molecule has 1 aliphatic heterocycles. The highest BCUT2D eigenvalue weighted by atomic mass is 16.5. The number of benzene rings is 2. The Labute approximate surface area is 150 Å². The first-order valence-corrected chi connectivity index (χ1v) is 8.29. The predicted octanol–water partition coefficient (Wildman–Crippen LogP) is 2.81. The Hall–Kier alpha value is -3.19. The van der Waals surface area contributed by atoms with Gasteiger partial charge in [0.15, 0.2) is 5.69 Å². The standard InChI is InChI=1S/C19H18N4O3/c1-25-15-9-7-13(8-10-15)17-11-23-16(12-26-17)18(21-22-23)19(24)20-14-5-3-2-4-6-14/h2-10,17H,11-12H2,1H3,(H,20,24)/t17-/m0/s1. The smallest absolute Gasteiger partial charge is 0.278 e. The number of aromatic nitrogens is 3. The summed E-state index contributed by atoms with van der Waals surface area (Å²) in [6, 6.07) is 17.0. The molecule has 1 amide bonds. The van der Waals surface area contributed by atoms with E-state index >= 15 is 0 Å². The predicted molar refractivity (Wildman–Crippen MR) is 94.9 cm³/mol. The minimum Gasteiger partial charge on any atom is -0.497 e. The van der Waals surface area contributed by atoms with E-state index in [0.29, 0.717) is 23.6 Å². The largest absolute Gasteiger partial charge is 0.497 e. The van der Waals surface area contributed by atoms with Gasteiger partial charge in [0.05, 0.1) is 26.0 Å². The molecule has 0 fully saturated rings. The molecule has 2 heterocycles. The summed E-state index contributed by atoms with van der Waals surface area (Å²) in [5, 5.41) is 11.0. The van der Waals surface area contributed by atoms with Crippen molar-refractivity contribution in [2.75, 3.05) is 12.4 Å². The Morgan fingerprint density at radius 2 is 1.96 bits per heavy atom. The molecule has 7 heteroatoms. The van der Waals surface area contributed by atoms with Gasteiger partial charge in [-0.3, -0.25) is 4.79 Å². The van der Waals surface area contributed by atoms with E-state index in [2.05, 4.69) is 15.6 Å². The third kappa shape index (κ3) is 3.16. The first-order chi connectivity index (χ1) is 12.7. The van der Waals surface area contributed by atoms with Crippen molar-refractivity contribution in [2.24, 2.45) is 0 Å². The molecule has 7 nitrogen and oxygen atoms in total. The van der Waals surface area contributed by atoms with Crippen LogP contribution < -0.4 is 10.1 Å². The van der Waals surface area contributed by atoms with Gasteiger partial charge in [0.1, 0.15) is 11.9 Å². The zero-order chi connectivity index (χ0) is 17.9. The highest BCUT2D eigenvalue weighted by Gasteiger charge is 2.27. The summed E-state index contributed by atoms with van der Waals surface area (Å²) < 4.78 is 12.9. The second kappa shape index (κ2) is 6.97. The number of amides is 1. The fourth-order valence-electron chi connectivity index (χ4n) is 2.92. The van der Waals surface area contributed by atoms with Gasteiger partial charge in [-0.05, 0) is 29.8 Å². The molecule has 1 aliphatic rings. The molecular weight excluding hydrogens is 332 g/mol. The molecular formula is C19H18N4O3. The van der Waals surface area contributed by atoms with Crippen molar-refractivity contribution in [1.29, 1.82) is 0 Å². The van der Waals surface area contributed by atoms with Gasteiger partial charge in [-0.2, -0.15) is 0 Å². The van der Waals surface area contributed by atoms with Crippen LogP contribution in [0.2, 0.25) is 0 Å². The molecule has 1 atom stereocenters. The number of para-hydroxylation sites is 1. The van der Waals surface area contributed by atoms with E-state index in [9.17, 15) is 4.79 Å². The van der Waals surface area contributed by atoms with Crippen molar-refractivity contribution < 1.29 is 14.3 Å². The van der Waals surface area contributed by atoms with Gasteiger partial charge in [0.25, 0.3) is 5.91 Å². The zero-order valence-corrected chi connectivity index (χ0v) is 14.3. The Bertz CT molecular complexity index is 906. The lowest BCUT2D eigenvalue weighted by atomic mass is 10.1. The number of carbonyl (C=O) groups excluding carboxylic acids is 1. The number of ether oxygens (including phenoxy) is 2. The summed E-state index contributed by atoms with van der Waals surface area (Å²) in [7, 11) is 1.63. The minimum absolute atomic E-state index is 0.139. The summed E-state index contributed by atoms with van der Waals surface area (Å²) in [5.41, 5.74) is 2.72. The molecule has 4 rings (SSSR count). The quantitative estimate of drug-likeness (QED) is 0.783. The molecule has 2 aromatic carbocycles. The van der Waals surface area contributed by atoms with Crippen LogP contribution >= 0.6 is 0 Å². The summed E-state index contributed by atoms with van der Waals surface area (Å²) >= 11 is 0. The topological polar surface area (TPSA) is 78.3 Å². The highest BCUT2D eigenvalue weighted by molar-refractivity contribution is 6.03. The van der Waals surface area contributed by atoms with Gasteiger partial charge in [-0.25, -0.2) is 4.68 Å². The van der Waals surface area contributed by atoms with E-state index in [-0.39, 0.29) is 18.6 Å². The molecule has 132 valence electrons. The van der Waals surface area contributed by atoms with Crippen molar-refractivity contribution in [3.8, 4) is 5.75 Å². The van der Waals surface area contributed by atoms with E-state index < -0.39 is 0 Å². The monoisotopic (exact) mass is 350 g/mol. The van der Waals surface area contributed by atoms with Crippen LogP contribution in [-0.4, -0.2) is 28.0 Å². The summed E-state index contributed by atoms with van der Waals surface area (Å²) in [6.07, 6.45) is -0.139. The molecule has 26 heavy (non-hydrogen) atoms. The third-order valence-corrected chi connectivity index (χ3v) is 4.33. The van der Waals surface area contributed by atoms with Crippen molar-refractivity contribution in [3.05, 3.63) is 71.5 Å². The molecule has 0 saturated heterocycles. The fourth-order valence-corrected chi connectivity index (χ4v) is 2.92. The first-order valence-electron chi connectivity index (χ1n) is 8.29. The van der Waals surface area contributed by atoms with Crippen LogP contribution in [0.25, 0.3) is 0 Å². The average Bonchev–Trinajstić information content (AvgIpc) is 3.12. The number of nitrogens with zero attached hydrogens (tertiary/aromatic N) is 3. The van der Waals surface area contributed by atoms with E-state index in [0.717, 1.165) is 11.3 Å². The first kappa shape index (κ1) is 16.3. The highest BCUT2D eigenvalue weighted by Crippen LogP contribution is 2.28. The lowest BCUT2D eigenvalue weighted by molar-refractivity contribution is -0.00173. The molecule has 0 aliphatic carbocycles. The average molecular weight is 350 g/mol. The van der Waals surface area contributed by atoms with Crippen LogP contribution in [0.4, 0.5) is 5.69 Å². The summed E-state index contributed by atoms with van der Waals surface area (Å²) in [4.78, 5) is 12.5. The molecule has 1 aromatic heterocycles. The molecule has 0 unspecified atom stereocenters. The Kier molecular flexibility index (Phi) is 4.37. The minimum atomic E-state index is -0.288. The van der Waals surface area contributed by atoms with Gasteiger partial charge in [0, 0.05) is 5.69 Å². The van der Waals surface area contributed by atoms with Crippen molar-refractivity contribution in [3.63, 3.8) is 0 Å². The Morgan fingerprint density at radius 1 is 1.19 bits per heavy atom. The van der Waals surface area contributed by atoms with Crippen LogP contribution in [0.15, 0.2) is 54.6 Å². The van der Waals surface area contributed by atoms with Crippen molar-refractivity contribution in [2.45, 2.75) is 19.3 Å². The molecule has 3 aromatic rings. The number of hydrogen-bond acceptors (Lipinski definition) is 5. The van der Waals surface area contributed by atoms with Crippen LogP contribution in [0.1, 0.15) is 27.8 Å². The van der Waals surface area contributed by atoms with Crippen LogP contribution in [0, 0.1) is 0 Å².